The molecule has 0 amide bonds. The molecule has 0 aromatic rings. The molecular formula is C13H27NO4. The van der Waals surface area contributed by atoms with E-state index in [-0.39, 0.29) is 0 Å². The summed E-state index contributed by atoms with van der Waals surface area (Å²) in [4.78, 5) is 19.9. The molecule has 0 rings (SSSR count). The molecule has 0 aromatic heterocycles. The van der Waals surface area contributed by atoms with E-state index in [0.717, 1.165) is 44.9 Å². The number of rotatable bonds is 10. The van der Waals surface area contributed by atoms with Gasteiger partial charge in [-0.1, -0.05) is 32.6 Å². The molecule has 4 N–H and O–H groups in total. The molecule has 0 aliphatic carbocycles. The first kappa shape index (κ1) is 19.2. The van der Waals surface area contributed by atoms with Crippen LogP contribution >= 0.6 is 0 Å². The molecular weight excluding hydrogens is 234 g/mol. The van der Waals surface area contributed by atoms with Crippen molar-refractivity contribution in [1.82, 2.24) is 0 Å². The number of carboxylic acids is 2. The van der Waals surface area contributed by atoms with Crippen LogP contribution < -0.4 is 5.73 Å². The van der Waals surface area contributed by atoms with Crippen LogP contribution in [0, 0.1) is 0 Å². The zero-order valence-corrected chi connectivity index (χ0v) is 11.4. The summed E-state index contributed by atoms with van der Waals surface area (Å²) in [6, 6.07) is 0. The van der Waals surface area contributed by atoms with Gasteiger partial charge in [-0.3, -0.25) is 9.59 Å². The third kappa shape index (κ3) is 24.2. The SMILES string of the molecule is CCCCCC(=O)O.NCCCCCCC(=O)O. The maximum atomic E-state index is 10.0. The monoisotopic (exact) mass is 261 g/mol. The van der Waals surface area contributed by atoms with Crippen LogP contribution in [0.25, 0.3) is 0 Å². The Morgan fingerprint density at radius 1 is 0.833 bits per heavy atom. The van der Waals surface area contributed by atoms with Gasteiger partial charge in [-0.05, 0) is 25.8 Å². The van der Waals surface area contributed by atoms with E-state index in [0.29, 0.717) is 19.4 Å². The van der Waals surface area contributed by atoms with Gasteiger partial charge in [0.05, 0.1) is 0 Å². The summed E-state index contributed by atoms with van der Waals surface area (Å²) in [5.74, 6) is -1.38. The molecule has 0 aliphatic rings. The van der Waals surface area contributed by atoms with E-state index in [9.17, 15) is 9.59 Å². The van der Waals surface area contributed by atoms with Crippen molar-refractivity contribution in [3.05, 3.63) is 0 Å². The van der Waals surface area contributed by atoms with Gasteiger partial charge in [0.2, 0.25) is 0 Å². The van der Waals surface area contributed by atoms with Crippen molar-refractivity contribution >= 4 is 11.9 Å². The van der Waals surface area contributed by atoms with Gasteiger partial charge in [-0.25, -0.2) is 0 Å². The van der Waals surface area contributed by atoms with E-state index >= 15 is 0 Å². The summed E-state index contributed by atoms with van der Waals surface area (Å²) >= 11 is 0. The smallest absolute Gasteiger partial charge is 0.303 e. The van der Waals surface area contributed by atoms with Crippen LogP contribution in [0.5, 0.6) is 0 Å². The molecule has 0 saturated carbocycles. The van der Waals surface area contributed by atoms with Crippen LogP contribution in [-0.2, 0) is 9.59 Å². The van der Waals surface area contributed by atoms with Gasteiger partial charge in [0, 0.05) is 12.8 Å². The Balaban J connectivity index is 0. The highest BCUT2D eigenvalue weighted by Crippen LogP contribution is 2.01. The first-order valence-corrected chi connectivity index (χ1v) is 6.68. The number of hydrogen-bond acceptors (Lipinski definition) is 3. The summed E-state index contributed by atoms with van der Waals surface area (Å²) in [6.45, 7) is 2.77. The predicted octanol–water partition coefficient (Wildman–Crippen LogP) is 2.63. The first-order chi connectivity index (χ1) is 8.54. The lowest BCUT2D eigenvalue weighted by Crippen LogP contribution is -1.98. The number of aliphatic carboxylic acids is 2. The van der Waals surface area contributed by atoms with E-state index in [2.05, 4.69) is 6.92 Å². The largest absolute Gasteiger partial charge is 0.481 e. The lowest BCUT2D eigenvalue weighted by atomic mass is 10.1. The third-order valence-corrected chi connectivity index (χ3v) is 2.34. The molecule has 0 saturated heterocycles. The van der Waals surface area contributed by atoms with Crippen LogP contribution in [0.2, 0.25) is 0 Å². The fourth-order valence-electron chi connectivity index (χ4n) is 1.30. The Kier molecular flexibility index (Phi) is 17.0. The van der Waals surface area contributed by atoms with Crippen molar-refractivity contribution in [3.8, 4) is 0 Å². The molecule has 0 heterocycles. The third-order valence-electron chi connectivity index (χ3n) is 2.34. The van der Waals surface area contributed by atoms with E-state index in [1.165, 1.54) is 0 Å². The lowest BCUT2D eigenvalue weighted by Gasteiger charge is -1.95. The Hall–Kier alpha value is -1.10. The van der Waals surface area contributed by atoms with E-state index in [1.807, 2.05) is 0 Å². The fraction of sp³-hybridized carbons (Fsp3) is 0.846. The molecule has 0 spiro atoms. The Morgan fingerprint density at radius 3 is 1.67 bits per heavy atom. The number of carbonyl (C=O) groups is 2. The van der Waals surface area contributed by atoms with Gasteiger partial charge in [0.15, 0.2) is 0 Å². The highest BCUT2D eigenvalue weighted by molar-refractivity contribution is 5.66. The van der Waals surface area contributed by atoms with Crippen LogP contribution in [0.3, 0.4) is 0 Å². The van der Waals surface area contributed by atoms with Crippen molar-refractivity contribution in [2.75, 3.05) is 6.54 Å². The average Bonchev–Trinajstić information content (AvgIpc) is 2.29. The molecule has 0 atom stereocenters. The molecule has 0 aliphatic heterocycles. The number of carboxylic acid groups (broad SMARTS) is 2. The minimum absolute atomic E-state index is 0.296. The number of hydrogen-bond donors (Lipinski definition) is 3. The van der Waals surface area contributed by atoms with Gasteiger partial charge in [0.25, 0.3) is 0 Å². The van der Waals surface area contributed by atoms with E-state index in [4.69, 9.17) is 15.9 Å². The Labute approximate surface area is 109 Å². The number of unbranched alkanes of at least 4 members (excludes halogenated alkanes) is 5. The predicted molar refractivity (Wildman–Crippen MR) is 71.6 cm³/mol. The molecule has 0 fully saturated rings. The fourth-order valence-corrected chi connectivity index (χ4v) is 1.30. The highest BCUT2D eigenvalue weighted by Gasteiger charge is 1.94. The summed E-state index contributed by atoms with van der Waals surface area (Å²) in [5, 5.41) is 16.4. The lowest BCUT2D eigenvalue weighted by molar-refractivity contribution is -0.138. The molecule has 108 valence electrons. The second-order valence-corrected chi connectivity index (χ2v) is 4.20. The normalized spacial score (nSPS) is 9.44. The van der Waals surface area contributed by atoms with Crippen molar-refractivity contribution in [1.29, 1.82) is 0 Å². The van der Waals surface area contributed by atoms with Crippen LogP contribution in [0.15, 0.2) is 0 Å². The van der Waals surface area contributed by atoms with Crippen molar-refractivity contribution < 1.29 is 19.8 Å². The van der Waals surface area contributed by atoms with Crippen LogP contribution in [0.1, 0.15) is 64.7 Å². The van der Waals surface area contributed by atoms with Crippen molar-refractivity contribution in [3.63, 3.8) is 0 Å². The molecule has 0 bridgehead atoms. The minimum Gasteiger partial charge on any atom is -0.481 e. The van der Waals surface area contributed by atoms with Gasteiger partial charge >= 0.3 is 11.9 Å². The first-order valence-electron chi connectivity index (χ1n) is 6.68. The van der Waals surface area contributed by atoms with Crippen LogP contribution in [-0.4, -0.2) is 28.7 Å². The molecule has 0 aromatic carbocycles. The molecule has 0 radical (unpaired) electrons. The molecule has 5 nitrogen and oxygen atoms in total. The maximum Gasteiger partial charge on any atom is 0.303 e. The van der Waals surface area contributed by atoms with Crippen LogP contribution in [0.4, 0.5) is 0 Å². The average molecular weight is 261 g/mol. The Morgan fingerprint density at radius 2 is 1.28 bits per heavy atom. The van der Waals surface area contributed by atoms with E-state index in [1.54, 1.807) is 0 Å². The quantitative estimate of drug-likeness (QED) is 0.525. The second-order valence-electron chi connectivity index (χ2n) is 4.20. The summed E-state index contributed by atoms with van der Waals surface area (Å²) in [5.41, 5.74) is 5.25. The zero-order chi connectivity index (χ0) is 14.2. The minimum atomic E-state index is -0.701. The van der Waals surface area contributed by atoms with Gasteiger partial charge in [-0.15, -0.1) is 0 Å². The topological polar surface area (TPSA) is 101 Å². The summed E-state index contributed by atoms with van der Waals surface area (Å²) in [6.07, 6.45) is 7.42. The second kappa shape index (κ2) is 15.9. The molecule has 18 heavy (non-hydrogen) atoms. The maximum absolute atomic E-state index is 10.0. The standard InChI is InChI=1S/C7H15NO2.C6H12O2/c8-6-4-2-1-3-5-7(9)10;1-2-3-4-5-6(7)8/h1-6,8H2,(H,9,10);2-5H2,1H3,(H,7,8). The Bertz CT molecular complexity index is 207. The van der Waals surface area contributed by atoms with Gasteiger partial charge in [-0.2, -0.15) is 0 Å². The van der Waals surface area contributed by atoms with Gasteiger partial charge < -0.3 is 15.9 Å². The molecule has 5 heteroatoms. The van der Waals surface area contributed by atoms with Crippen molar-refractivity contribution in [2.45, 2.75) is 64.7 Å². The summed E-state index contributed by atoms with van der Waals surface area (Å²) in [7, 11) is 0. The van der Waals surface area contributed by atoms with E-state index < -0.39 is 11.9 Å². The highest BCUT2D eigenvalue weighted by atomic mass is 16.4. The summed E-state index contributed by atoms with van der Waals surface area (Å²) < 4.78 is 0. The van der Waals surface area contributed by atoms with Crippen molar-refractivity contribution in [2.24, 2.45) is 5.73 Å². The number of nitrogens with two attached hydrogens (primary N) is 1. The van der Waals surface area contributed by atoms with Gasteiger partial charge in [0.1, 0.15) is 0 Å². The molecule has 0 unspecified atom stereocenters. The zero-order valence-electron chi connectivity index (χ0n) is 11.4.